The summed E-state index contributed by atoms with van der Waals surface area (Å²) in [5, 5.41) is 0. The molecule has 0 aliphatic heterocycles. The van der Waals surface area contributed by atoms with E-state index in [0.29, 0.717) is 11.8 Å². The molecule has 1 aliphatic carbocycles. The van der Waals surface area contributed by atoms with Gasteiger partial charge in [0.15, 0.2) is 0 Å². The number of hydroxylamine groups is 1. The molecule has 0 bridgehead atoms. The van der Waals surface area contributed by atoms with Gasteiger partial charge in [0.05, 0.1) is 11.8 Å². The summed E-state index contributed by atoms with van der Waals surface area (Å²) in [6.07, 6.45) is 3.40. The van der Waals surface area contributed by atoms with E-state index in [1.54, 1.807) is 0 Å². The minimum Gasteiger partial charge on any atom is -0.314 e. The Hall–Kier alpha value is -0.120. The quantitative estimate of drug-likeness (QED) is 0.509. The lowest BCUT2D eigenvalue weighted by atomic mass is 10.0. The number of nitrogens with one attached hydrogen (secondary N) is 1. The van der Waals surface area contributed by atoms with E-state index in [-0.39, 0.29) is 11.8 Å². The molecule has 0 aromatic rings. The Kier molecular flexibility index (Phi) is 3.93. The van der Waals surface area contributed by atoms with Gasteiger partial charge in [-0.1, -0.05) is 27.2 Å². The van der Waals surface area contributed by atoms with Crippen LogP contribution in [0.15, 0.2) is 0 Å². The first-order chi connectivity index (χ1) is 6.52. The van der Waals surface area contributed by atoms with Crippen molar-refractivity contribution in [2.45, 2.75) is 58.7 Å². The maximum atomic E-state index is 5.74. The van der Waals surface area contributed by atoms with Crippen LogP contribution < -0.4 is 11.2 Å². The molecule has 1 fully saturated rings. The van der Waals surface area contributed by atoms with E-state index in [0.717, 1.165) is 6.42 Å². The number of hydrogen-bond acceptors (Lipinski definition) is 3. The van der Waals surface area contributed by atoms with E-state index in [2.05, 4.69) is 26.3 Å². The zero-order chi connectivity index (χ0) is 10.8. The van der Waals surface area contributed by atoms with Crippen LogP contribution in [-0.2, 0) is 4.84 Å². The van der Waals surface area contributed by atoms with Crippen LogP contribution in [0.5, 0.6) is 0 Å². The fourth-order valence-electron chi connectivity index (χ4n) is 2.25. The van der Waals surface area contributed by atoms with Gasteiger partial charge in [-0.05, 0) is 31.6 Å². The second-order valence-corrected chi connectivity index (χ2v) is 4.88. The van der Waals surface area contributed by atoms with Crippen molar-refractivity contribution < 1.29 is 4.84 Å². The lowest BCUT2D eigenvalue weighted by Gasteiger charge is -2.21. The molecule has 3 nitrogen and oxygen atoms in total. The molecule has 0 aromatic heterocycles. The number of nitrogens with two attached hydrogens (primary N) is 1. The minimum absolute atomic E-state index is 0.0799. The van der Waals surface area contributed by atoms with Gasteiger partial charge in [0, 0.05) is 0 Å². The largest absolute Gasteiger partial charge is 0.314 e. The third-order valence-corrected chi connectivity index (χ3v) is 3.01. The summed E-state index contributed by atoms with van der Waals surface area (Å²) in [6.45, 7) is 8.62. The molecule has 1 unspecified atom stereocenters. The summed E-state index contributed by atoms with van der Waals surface area (Å²) in [5.74, 6) is 1.41. The van der Waals surface area contributed by atoms with Crippen LogP contribution in [0.4, 0.5) is 0 Å². The Morgan fingerprint density at radius 3 is 2.50 bits per heavy atom. The molecule has 0 aromatic carbocycles. The van der Waals surface area contributed by atoms with Crippen molar-refractivity contribution in [3.05, 3.63) is 0 Å². The Morgan fingerprint density at radius 2 is 2.14 bits per heavy atom. The zero-order valence-electron chi connectivity index (χ0n) is 9.84. The van der Waals surface area contributed by atoms with Gasteiger partial charge in [0.2, 0.25) is 0 Å². The van der Waals surface area contributed by atoms with Crippen LogP contribution in [0.3, 0.4) is 0 Å². The molecule has 1 rings (SSSR count). The summed E-state index contributed by atoms with van der Waals surface area (Å²) >= 11 is 0. The normalized spacial score (nSPS) is 33.4. The van der Waals surface area contributed by atoms with E-state index in [1.165, 1.54) is 12.8 Å². The van der Waals surface area contributed by atoms with Crippen LogP contribution in [0, 0.1) is 11.8 Å². The highest BCUT2D eigenvalue weighted by Gasteiger charge is 2.56. The Balaban J connectivity index is 2.41. The SMILES string of the molecule is CCC[C@@]1(ON[C@H](C)N)CC1C(C)C. The van der Waals surface area contributed by atoms with E-state index in [9.17, 15) is 0 Å². The standard InChI is InChI=1S/C11H24N2O/c1-5-6-11(14-13-9(4)12)7-10(11)8(2)3/h8-10,13H,5-7,12H2,1-4H3/t9-,10?,11-/m1/s1. The molecule has 3 heteroatoms. The van der Waals surface area contributed by atoms with E-state index in [1.807, 2.05) is 6.92 Å². The molecule has 1 saturated carbocycles. The first-order valence-electron chi connectivity index (χ1n) is 5.71. The van der Waals surface area contributed by atoms with Gasteiger partial charge in [0.25, 0.3) is 0 Å². The lowest BCUT2D eigenvalue weighted by Crippen LogP contribution is -2.39. The first-order valence-corrected chi connectivity index (χ1v) is 5.71. The smallest absolute Gasteiger partial charge is 0.0932 e. The van der Waals surface area contributed by atoms with Crippen molar-refractivity contribution in [2.24, 2.45) is 17.6 Å². The molecule has 14 heavy (non-hydrogen) atoms. The molecule has 0 saturated heterocycles. The lowest BCUT2D eigenvalue weighted by molar-refractivity contribution is -0.0739. The minimum atomic E-state index is -0.0860. The molecular formula is C11H24N2O. The van der Waals surface area contributed by atoms with Crippen LogP contribution >= 0.6 is 0 Å². The van der Waals surface area contributed by atoms with Gasteiger partial charge < -0.3 is 5.73 Å². The molecule has 0 radical (unpaired) electrons. The number of hydrogen-bond donors (Lipinski definition) is 2. The summed E-state index contributed by atoms with van der Waals surface area (Å²) in [7, 11) is 0. The van der Waals surface area contributed by atoms with Gasteiger partial charge in [-0.15, -0.1) is 0 Å². The van der Waals surface area contributed by atoms with Crippen LogP contribution in [0.2, 0.25) is 0 Å². The number of rotatable bonds is 6. The fourth-order valence-corrected chi connectivity index (χ4v) is 2.25. The van der Waals surface area contributed by atoms with Crippen LogP contribution in [0.1, 0.15) is 47.0 Å². The van der Waals surface area contributed by atoms with Crippen molar-refractivity contribution in [1.82, 2.24) is 5.48 Å². The highest BCUT2D eigenvalue weighted by molar-refractivity contribution is 5.05. The zero-order valence-corrected chi connectivity index (χ0v) is 9.84. The van der Waals surface area contributed by atoms with E-state index >= 15 is 0 Å². The molecule has 0 heterocycles. The van der Waals surface area contributed by atoms with Crippen molar-refractivity contribution in [1.29, 1.82) is 0 Å². The maximum Gasteiger partial charge on any atom is 0.0932 e. The van der Waals surface area contributed by atoms with Gasteiger partial charge in [-0.3, -0.25) is 4.84 Å². The highest BCUT2D eigenvalue weighted by Crippen LogP contribution is 2.53. The van der Waals surface area contributed by atoms with Crippen LogP contribution in [-0.4, -0.2) is 11.8 Å². The fraction of sp³-hybridized carbons (Fsp3) is 1.00. The Bertz CT molecular complexity index is 182. The molecule has 3 atom stereocenters. The van der Waals surface area contributed by atoms with Crippen molar-refractivity contribution in [2.75, 3.05) is 0 Å². The molecule has 1 aliphatic rings. The third-order valence-electron chi connectivity index (χ3n) is 3.01. The van der Waals surface area contributed by atoms with Crippen molar-refractivity contribution in [3.8, 4) is 0 Å². The average molecular weight is 200 g/mol. The van der Waals surface area contributed by atoms with Crippen LogP contribution in [0.25, 0.3) is 0 Å². The van der Waals surface area contributed by atoms with Gasteiger partial charge in [-0.25, -0.2) is 0 Å². The predicted octanol–water partition coefficient (Wildman–Crippen LogP) is 2.03. The summed E-state index contributed by atoms with van der Waals surface area (Å²) in [5.41, 5.74) is 8.58. The average Bonchev–Trinajstić information content (AvgIpc) is 2.78. The predicted molar refractivity (Wildman–Crippen MR) is 58.5 cm³/mol. The Labute approximate surface area is 87.3 Å². The molecule has 0 spiro atoms. The van der Waals surface area contributed by atoms with Gasteiger partial charge >= 0.3 is 0 Å². The highest BCUT2D eigenvalue weighted by atomic mass is 16.7. The van der Waals surface area contributed by atoms with Gasteiger partial charge in [0.1, 0.15) is 0 Å². The molecule has 3 N–H and O–H groups in total. The maximum absolute atomic E-state index is 5.74. The summed E-state index contributed by atoms with van der Waals surface area (Å²) in [4.78, 5) is 5.74. The molecule has 0 amide bonds. The van der Waals surface area contributed by atoms with Crippen molar-refractivity contribution >= 4 is 0 Å². The van der Waals surface area contributed by atoms with Gasteiger partial charge in [-0.2, -0.15) is 5.48 Å². The Morgan fingerprint density at radius 1 is 1.50 bits per heavy atom. The van der Waals surface area contributed by atoms with E-state index in [4.69, 9.17) is 10.6 Å². The summed E-state index contributed by atoms with van der Waals surface area (Å²) in [6, 6.07) is 0. The molecule has 84 valence electrons. The second-order valence-electron chi connectivity index (χ2n) is 4.88. The van der Waals surface area contributed by atoms with Crippen molar-refractivity contribution in [3.63, 3.8) is 0 Å². The monoisotopic (exact) mass is 200 g/mol. The third kappa shape index (κ3) is 2.69. The summed E-state index contributed by atoms with van der Waals surface area (Å²) < 4.78 is 0. The second kappa shape index (κ2) is 4.60. The van der Waals surface area contributed by atoms with E-state index < -0.39 is 0 Å². The molecular weight excluding hydrogens is 176 g/mol. The first kappa shape index (κ1) is 12.0. The topological polar surface area (TPSA) is 47.3 Å².